The van der Waals surface area contributed by atoms with Gasteiger partial charge in [-0.15, -0.1) is 5.10 Å². The van der Waals surface area contributed by atoms with Gasteiger partial charge in [0.15, 0.2) is 5.69 Å². The Kier molecular flexibility index (Phi) is 4.95. The van der Waals surface area contributed by atoms with E-state index in [1.165, 1.54) is 12.8 Å². The molecule has 1 aliphatic heterocycles. The van der Waals surface area contributed by atoms with Gasteiger partial charge in [0.05, 0.1) is 12.2 Å². The maximum Gasteiger partial charge on any atom is 0.276 e. The predicted molar refractivity (Wildman–Crippen MR) is 91.8 cm³/mol. The van der Waals surface area contributed by atoms with Crippen LogP contribution in [0.15, 0.2) is 6.20 Å². The number of nitrogens with zero attached hydrogens (tertiary/aromatic N) is 4. The average molecular weight is 334 g/mol. The first-order valence-corrected chi connectivity index (χ1v) is 9.14. The molecule has 1 saturated carbocycles. The van der Waals surface area contributed by atoms with Crippen molar-refractivity contribution >= 4 is 5.91 Å². The molecule has 1 aliphatic carbocycles. The third-order valence-electron chi connectivity index (χ3n) is 5.70. The van der Waals surface area contributed by atoms with E-state index in [2.05, 4.69) is 31.1 Å². The van der Waals surface area contributed by atoms with E-state index in [1.54, 1.807) is 0 Å². The van der Waals surface area contributed by atoms with Gasteiger partial charge >= 0.3 is 0 Å². The largest absolute Gasteiger partial charge is 0.381 e. The van der Waals surface area contributed by atoms with Crippen LogP contribution in [0, 0.1) is 11.3 Å². The second kappa shape index (κ2) is 6.82. The van der Waals surface area contributed by atoms with Crippen LogP contribution in [0.2, 0.25) is 0 Å². The van der Waals surface area contributed by atoms with Crippen LogP contribution in [0.5, 0.6) is 0 Å². The zero-order chi connectivity index (χ0) is 17.3. The molecule has 3 rings (SSSR count). The molecule has 2 unspecified atom stereocenters. The van der Waals surface area contributed by atoms with Crippen molar-refractivity contribution < 1.29 is 9.53 Å². The fraction of sp³-hybridized carbons (Fsp3) is 0.833. The second-order valence-corrected chi connectivity index (χ2v) is 8.31. The van der Waals surface area contributed by atoms with Gasteiger partial charge in [-0.05, 0) is 37.0 Å². The zero-order valence-corrected chi connectivity index (χ0v) is 15.4. The number of amides is 1. The number of rotatable bonds is 3. The summed E-state index contributed by atoms with van der Waals surface area (Å²) in [5.74, 6) is 0.534. The first kappa shape index (κ1) is 17.4. The first-order valence-electron chi connectivity index (χ1n) is 9.14. The molecular weight excluding hydrogens is 304 g/mol. The third-order valence-corrected chi connectivity index (χ3v) is 5.70. The molecule has 2 aliphatic rings. The van der Waals surface area contributed by atoms with E-state index in [0.717, 1.165) is 32.5 Å². The molecule has 6 heteroatoms. The van der Waals surface area contributed by atoms with Crippen molar-refractivity contribution in [2.24, 2.45) is 11.3 Å². The van der Waals surface area contributed by atoms with Gasteiger partial charge < -0.3 is 9.64 Å². The predicted octanol–water partition coefficient (Wildman–Crippen LogP) is 2.92. The molecule has 0 radical (unpaired) electrons. The molecule has 0 N–H and O–H groups in total. The summed E-state index contributed by atoms with van der Waals surface area (Å²) < 4.78 is 7.23. The van der Waals surface area contributed by atoms with Gasteiger partial charge in [0.1, 0.15) is 0 Å². The van der Waals surface area contributed by atoms with Crippen LogP contribution >= 0.6 is 0 Å². The van der Waals surface area contributed by atoms with Crippen molar-refractivity contribution in [3.63, 3.8) is 0 Å². The van der Waals surface area contributed by atoms with E-state index in [1.807, 2.05) is 22.8 Å². The summed E-state index contributed by atoms with van der Waals surface area (Å²) in [4.78, 5) is 14.8. The highest BCUT2D eigenvalue weighted by molar-refractivity contribution is 5.92. The van der Waals surface area contributed by atoms with Gasteiger partial charge in [-0.25, -0.2) is 4.68 Å². The number of aromatic nitrogens is 3. The molecule has 0 aromatic carbocycles. The minimum atomic E-state index is -0.00513. The van der Waals surface area contributed by atoms with Crippen molar-refractivity contribution in [1.82, 2.24) is 19.9 Å². The summed E-state index contributed by atoms with van der Waals surface area (Å²) in [5.41, 5.74) is 0.679. The Labute approximate surface area is 144 Å². The minimum Gasteiger partial charge on any atom is -0.381 e. The van der Waals surface area contributed by atoms with Crippen LogP contribution in [-0.4, -0.2) is 52.1 Å². The first-order chi connectivity index (χ1) is 11.4. The van der Waals surface area contributed by atoms with E-state index in [-0.39, 0.29) is 11.3 Å². The summed E-state index contributed by atoms with van der Waals surface area (Å²) in [6, 6.07) is 0.595. The lowest BCUT2D eigenvalue weighted by Crippen LogP contribution is -2.43. The third kappa shape index (κ3) is 3.48. The molecular formula is C18H30N4O2. The summed E-state index contributed by atoms with van der Waals surface area (Å²) >= 11 is 0. The Bertz CT molecular complexity index is 572. The fourth-order valence-corrected chi connectivity index (χ4v) is 4.25. The highest BCUT2D eigenvalue weighted by Gasteiger charge is 2.40. The van der Waals surface area contributed by atoms with E-state index in [9.17, 15) is 4.79 Å². The molecule has 1 aromatic rings. The second-order valence-electron chi connectivity index (χ2n) is 8.31. The van der Waals surface area contributed by atoms with Gasteiger partial charge in [-0.1, -0.05) is 32.4 Å². The number of hydrogen-bond donors (Lipinski definition) is 0. The standard InChI is InChI=1S/C18H30N4O2/c1-18(2,3)14-6-5-7-16(14)21(4)17(23)15-12-22(20-19-15)13-8-10-24-11-9-13/h12-14,16H,5-11H2,1-4H3. The van der Waals surface area contributed by atoms with E-state index >= 15 is 0 Å². The van der Waals surface area contributed by atoms with Crippen molar-refractivity contribution in [2.45, 2.75) is 65.0 Å². The summed E-state index contributed by atoms with van der Waals surface area (Å²) in [6.07, 6.45) is 7.15. The molecule has 0 spiro atoms. The van der Waals surface area contributed by atoms with E-state index in [0.29, 0.717) is 23.7 Å². The molecule has 1 aromatic heterocycles. The molecule has 2 fully saturated rings. The van der Waals surface area contributed by atoms with Crippen LogP contribution < -0.4 is 0 Å². The Morgan fingerprint density at radius 2 is 1.96 bits per heavy atom. The topological polar surface area (TPSA) is 60.2 Å². The fourth-order valence-electron chi connectivity index (χ4n) is 4.25. The summed E-state index contributed by atoms with van der Waals surface area (Å²) in [5, 5.41) is 8.35. The highest BCUT2D eigenvalue weighted by Crippen LogP contribution is 2.41. The quantitative estimate of drug-likeness (QED) is 0.853. The van der Waals surface area contributed by atoms with Crippen LogP contribution in [0.3, 0.4) is 0 Å². The van der Waals surface area contributed by atoms with Gasteiger partial charge in [0.25, 0.3) is 5.91 Å². The number of ether oxygens (including phenoxy) is 1. The summed E-state index contributed by atoms with van der Waals surface area (Å²) in [6.45, 7) is 8.33. The normalized spacial score (nSPS) is 25.8. The van der Waals surface area contributed by atoms with Gasteiger partial charge in [-0.2, -0.15) is 0 Å². The number of carbonyl (C=O) groups is 1. The minimum absolute atomic E-state index is 0.00513. The van der Waals surface area contributed by atoms with E-state index < -0.39 is 0 Å². The zero-order valence-electron chi connectivity index (χ0n) is 15.4. The molecule has 134 valence electrons. The highest BCUT2D eigenvalue weighted by atomic mass is 16.5. The van der Waals surface area contributed by atoms with Crippen molar-refractivity contribution in [3.8, 4) is 0 Å². The average Bonchev–Trinajstić information content (AvgIpc) is 3.23. The molecule has 0 bridgehead atoms. The maximum absolute atomic E-state index is 12.9. The van der Waals surface area contributed by atoms with Crippen molar-refractivity contribution in [2.75, 3.05) is 20.3 Å². The lowest BCUT2D eigenvalue weighted by Gasteiger charge is -2.37. The van der Waals surface area contributed by atoms with Gasteiger partial charge in [0, 0.05) is 26.3 Å². The molecule has 1 saturated heterocycles. The smallest absolute Gasteiger partial charge is 0.276 e. The number of hydrogen-bond acceptors (Lipinski definition) is 4. The van der Waals surface area contributed by atoms with Crippen LogP contribution in [0.4, 0.5) is 0 Å². The molecule has 2 heterocycles. The molecule has 6 nitrogen and oxygen atoms in total. The monoisotopic (exact) mass is 334 g/mol. The van der Waals surface area contributed by atoms with Gasteiger partial charge in [-0.3, -0.25) is 4.79 Å². The van der Waals surface area contributed by atoms with Crippen molar-refractivity contribution in [3.05, 3.63) is 11.9 Å². The number of carbonyl (C=O) groups excluding carboxylic acids is 1. The summed E-state index contributed by atoms with van der Waals surface area (Å²) in [7, 11) is 1.92. The maximum atomic E-state index is 12.9. The SMILES string of the molecule is CN(C(=O)c1cn(C2CCOCC2)nn1)C1CCCC1C(C)(C)C. The lowest BCUT2D eigenvalue weighted by atomic mass is 9.77. The Hall–Kier alpha value is -1.43. The lowest BCUT2D eigenvalue weighted by molar-refractivity contribution is 0.0606. The van der Waals surface area contributed by atoms with Crippen LogP contribution in [-0.2, 0) is 4.74 Å². The van der Waals surface area contributed by atoms with E-state index in [4.69, 9.17) is 4.74 Å². The Morgan fingerprint density at radius 1 is 1.25 bits per heavy atom. The van der Waals surface area contributed by atoms with Crippen LogP contribution in [0.25, 0.3) is 0 Å². The van der Waals surface area contributed by atoms with Gasteiger partial charge in [0.2, 0.25) is 0 Å². The molecule has 2 atom stereocenters. The molecule has 24 heavy (non-hydrogen) atoms. The Balaban J connectivity index is 1.70. The van der Waals surface area contributed by atoms with Crippen molar-refractivity contribution in [1.29, 1.82) is 0 Å². The molecule has 1 amide bonds. The van der Waals surface area contributed by atoms with Crippen LogP contribution in [0.1, 0.15) is 69.4 Å². The Morgan fingerprint density at radius 3 is 2.62 bits per heavy atom.